The highest BCUT2D eigenvalue weighted by molar-refractivity contribution is 5.94. The number of nitrogens with zero attached hydrogens (tertiary/aromatic N) is 1. The van der Waals surface area contributed by atoms with Gasteiger partial charge in [-0.2, -0.15) is 5.10 Å². The van der Waals surface area contributed by atoms with E-state index in [9.17, 15) is 4.79 Å². The molecule has 0 atom stereocenters. The lowest BCUT2D eigenvalue weighted by Crippen LogP contribution is -2.28. The topological polar surface area (TPSA) is 83.8 Å². The van der Waals surface area contributed by atoms with E-state index >= 15 is 0 Å². The molecule has 4 N–H and O–H groups in total. The Morgan fingerprint density at radius 3 is 2.79 bits per heavy atom. The first-order valence-corrected chi connectivity index (χ1v) is 4.80. The summed E-state index contributed by atoms with van der Waals surface area (Å²) in [5.41, 5.74) is 7.01. The molecule has 1 saturated carbocycles. The molecular formula is C9H14N4O. The molecule has 1 aliphatic carbocycles. The van der Waals surface area contributed by atoms with Crippen molar-refractivity contribution in [2.45, 2.75) is 26.2 Å². The summed E-state index contributed by atoms with van der Waals surface area (Å²) in [6, 6.07) is 0. The van der Waals surface area contributed by atoms with Gasteiger partial charge < -0.3 is 11.1 Å². The zero-order valence-corrected chi connectivity index (χ0v) is 8.13. The maximum absolute atomic E-state index is 11.5. The molecule has 5 heteroatoms. The quantitative estimate of drug-likeness (QED) is 0.657. The second kappa shape index (κ2) is 3.32. The van der Waals surface area contributed by atoms with Gasteiger partial charge in [0, 0.05) is 5.92 Å². The van der Waals surface area contributed by atoms with E-state index in [2.05, 4.69) is 15.5 Å². The Morgan fingerprint density at radius 1 is 1.64 bits per heavy atom. The normalized spacial score (nSPS) is 16.4. The SMILES string of the molecule is Cc1[nH]nc(NC(=O)C2CCC2)c1N. The van der Waals surface area contributed by atoms with Crippen LogP contribution in [-0.4, -0.2) is 16.1 Å². The summed E-state index contributed by atoms with van der Waals surface area (Å²) in [5, 5.41) is 9.37. The highest BCUT2D eigenvalue weighted by Gasteiger charge is 2.26. The van der Waals surface area contributed by atoms with Crippen LogP contribution in [0.1, 0.15) is 25.0 Å². The van der Waals surface area contributed by atoms with Crippen molar-refractivity contribution >= 4 is 17.4 Å². The minimum Gasteiger partial charge on any atom is -0.394 e. The van der Waals surface area contributed by atoms with Crippen molar-refractivity contribution in [1.29, 1.82) is 0 Å². The van der Waals surface area contributed by atoms with Crippen LogP contribution in [0.15, 0.2) is 0 Å². The van der Waals surface area contributed by atoms with Gasteiger partial charge >= 0.3 is 0 Å². The van der Waals surface area contributed by atoms with Crippen LogP contribution in [0.5, 0.6) is 0 Å². The standard InChI is InChI=1S/C9H14N4O/c1-5-7(10)8(13-12-5)11-9(14)6-3-2-4-6/h6H,2-4,10H2,1H3,(H2,11,12,13,14). The van der Waals surface area contributed by atoms with E-state index in [1.807, 2.05) is 6.92 Å². The molecule has 0 aliphatic heterocycles. The summed E-state index contributed by atoms with van der Waals surface area (Å²) in [4.78, 5) is 11.5. The Labute approximate surface area is 82.1 Å². The molecule has 1 heterocycles. The Kier molecular flexibility index (Phi) is 2.15. The number of carbonyl (C=O) groups is 1. The molecule has 1 aromatic rings. The Hall–Kier alpha value is -1.52. The number of H-pyrrole nitrogens is 1. The fraction of sp³-hybridized carbons (Fsp3) is 0.556. The number of hydrogen-bond acceptors (Lipinski definition) is 3. The predicted molar refractivity (Wildman–Crippen MR) is 53.7 cm³/mol. The van der Waals surface area contributed by atoms with Gasteiger partial charge in [0.2, 0.25) is 5.91 Å². The second-order valence-corrected chi connectivity index (χ2v) is 3.73. The maximum Gasteiger partial charge on any atom is 0.228 e. The van der Waals surface area contributed by atoms with Crippen LogP contribution >= 0.6 is 0 Å². The summed E-state index contributed by atoms with van der Waals surface area (Å²) in [6.45, 7) is 1.82. The van der Waals surface area contributed by atoms with E-state index < -0.39 is 0 Å². The van der Waals surface area contributed by atoms with Gasteiger partial charge in [0.15, 0.2) is 5.82 Å². The fourth-order valence-electron chi connectivity index (χ4n) is 1.42. The van der Waals surface area contributed by atoms with Gasteiger partial charge in [0.1, 0.15) is 0 Å². The number of nitrogens with one attached hydrogen (secondary N) is 2. The summed E-state index contributed by atoms with van der Waals surface area (Å²) in [7, 11) is 0. The van der Waals surface area contributed by atoms with Gasteiger partial charge in [0.05, 0.1) is 11.4 Å². The third kappa shape index (κ3) is 1.45. The first-order chi connectivity index (χ1) is 6.68. The zero-order valence-electron chi connectivity index (χ0n) is 8.13. The van der Waals surface area contributed by atoms with Crippen LogP contribution in [0.25, 0.3) is 0 Å². The van der Waals surface area contributed by atoms with E-state index in [0.717, 1.165) is 25.0 Å². The third-order valence-electron chi connectivity index (χ3n) is 2.71. The lowest BCUT2D eigenvalue weighted by molar-refractivity contribution is -0.122. The lowest BCUT2D eigenvalue weighted by atomic mass is 9.85. The number of aromatic nitrogens is 2. The van der Waals surface area contributed by atoms with Crippen molar-refractivity contribution in [2.24, 2.45) is 5.92 Å². The van der Waals surface area contributed by atoms with Crippen molar-refractivity contribution in [1.82, 2.24) is 10.2 Å². The van der Waals surface area contributed by atoms with E-state index in [1.165, 1.54) is 0 Å². The number of carbonyl (C=O) groups excluding carboxylic acids is 1. The van der Waals surface area contributed by atoms with Crippen molar-refractivity contribution in [3.05, 3.63) is 5.69 Å². The predicted octanol–water partition coefficient (Wildman–Crippen LogP) is 1.04. The molecule has 0 unspecified atom stereocenters. The molecule has 1 aromatic heterocycles. The molecule has 0 spiro atoms. The molecule has 1 amide bonds. The van der Waals surface area contributed by atoms with Crippen molar-refractivity contribution in [3.63, 3.8) is 0 Å². The van der Waals surface area contributed by atoms with Crippen LogP contribution in [0, 0.1) is 12.8 Å². The summed E-state index contributed by atoms with van der Waals surface area (Å²) in [5.74, 6) is 0.653. The molecular weight excluding hydrogens is 180 g/mol. The molecule has 5 nitrogen and oxygen atoms in total. The first-order valence-electron chi connectivity index (χ1n) is 4.80. The maximum atomic E-state index is 11.5. The minimum atomic E-state index is 0.0365. The summed E-state index contributed by atoms with van der Waals surface area (Å²) >= 11 is 0. The number of nitrogen functional groups attached to an aromatic ring is 1. The highest BCUT2D eigenvalue weighted by atomic mass is 16.2. The van der Waals surface area contributed by atoms with E-state index in [0.29, 0.717) is 11.5 Å². The molecule has 76 valence electrons. The lowest BCUT2D eigenvalue weighted by Gasteiger charge is -2.23. The monoisotopic (exact) mass is 194 g/mol. The molecule has 14 heavy (non-hydrogen) atoms. The fourth-order valence-corrected chi connectivity index (χ4v) is 1.42. The average molecular weight is 194 g/mol. The molecule has 1 aliphatic rings. The first kappa shape index (κ1) is 9.05. The highest BCUT2D eigenvalue weighted by Crippen LogP contribution is 2.28. The number of amides is 1. The number of aromatic amines is 1. The van der Waals surface area contributed by atoms with E-state index in [-0.39, 0.29) is 11.8 Å². The van der Waals surface area contributed by atoms with E-state index in [1.54, 1.807) is 0 Å². The number of rotatable bonds is 2. The zero-order chi connectivity index (χ0) is 10.1. The minimum absolute atomic E-state index is 0.0365. The number of aryl methyl sites for hydroxylation is 1. The molecule has 0 radical (unpaired) electrons. The number of nitrogens with two attached hydrogens (primary N) is 1. The van der Waals surface area contributed by atoms with Crippen molar-refractivity contribution < 1.29 is 4.79 Å². The Bertz CT molecular complexity index is 354. The van der Waals surface area contributed by atoms with E-state index in [4.69, 9.17) is 5.73 Å². The average Bonchev–Trinajstić information content (AvgIpc) is 2.33. The summed E-state index contributed by atoms with van der Waals surface area (Å²) < 4.78 is 0. The Morgan fingerprint density at radius 2 is 2.36 bits per heavy atom. The van der Waals surface area contributed by atoms with Gasteiger partial charge in [-0.15, -0.1) is 0 Å². The van der Waals surface area contributed by atoms with Crippen LogP contribution in [0.2, 0.25) is 0 Å². The third-order valence-corrected chi connectivity index (χ3v) is 2.71. The smallest absolute Gasteiger partial charge is 0.228 e. The van der Waals surface area contributed by atoms with Gasteiger partial charge in [-0.1, -0.05) is 6.42 Å². The molecule has 2 rings (SSSR count). The number of hydrogen-bond donors (Lipinski definition) is 3. The Balaban J connectivity index is 2.03. The van der Waals surface area contributed by atoms with Gasteiger partial charge in [-0.25, -0.2) is 0 Å². The van der Waals surface area contributed by atoms with Crippen molar-refractivity contribution in [3.8, 4) is 0 Å². The van der Waals surface area contributed by atoms with Crippen LogP contribution < -0.4 is 11.1 Å². The van der Waals surface area contributed by atoms with Gasteiger partial charge in [-0.3, -0.25) is 9.89 Å². The van der Waals surface area contributed by atoms with Gasteiger partial charge in [-0.05, 0) is 19.8 Å². The van der Waals surface area contributed by atoms with Crippen LogP contribution in [-0.2, 0) is 4.79 Å². The second-order valence-electron chi connectivity index (χ2n) is 3.73. The molecule has 0 saturated heterocycles. The van der Waals surface area contributed by atoms with Crippen LogP contribution in [0.3, 0.4) is 0 Å². The summed E-state index contributed by atoms with van der Waals surface area (Å²) in [6.07, 6.45) is 3.11. The van der Waals surface area contributed by atoms with Gasteiger partial charge in [0.25, 0.3) is 0 Å². The molecule has 0 aromatic carbocycles. The van der Waals surface area contributed by atoms with Crippen LogP contribution in [0.4, 0.5) is 11.5 Å². The molecule has 1 fully saturated rings. The number of anilines is 2. The molecule has 0 bridgehead atoms. The van der Waals surface area contributed by atoms with Crippen molar-refractivity contribution in [2.75, 3.05) is 11.1 Å². The largest absolute Gasteiger partial charge is 0.394 e.